The fourth-order valence-electron chi connectivity index (χ4n) is 3.13. The number of aliphatic carboxylic acids is 1. The van der Waals surface area contributed by atoms with Crippen LogP contribution in [0.4, 0.5) is 4.39 Å². The third-order valence-corrected chi connectivity index (χ3v) is 5.19. The molecular weight excluding hydrogens is 361 g/mol. The first kappa shape index (κ1) is 18.4. The molecular formula is C18H19ClFN3O3. The van der Waals surface area contributed by atoms with E-state index in [1.807, 2.05) is 0 Å². The number of nitrogens with zero attached hydrogens (tertiary/aromatic N) is 3. The Kier molecular flexibility index (Phi) is 4.75. The van der Waals surface area contributed by atoms with E-state index in [2.05, 4.69) is 5.10 Å². The summed E-state index contributed by atoms with van der Waals surface area (Å²) in [6.07, 6.45) is 0.397. The standard InChI is InChI=1S/C18H19ClFN3O3/c1-11-14(16(24)22-8-7-18(2,10-22)17(25)26)15(19)23(21-11)9-12-3-5-13(20)6-4-12/h3-6H,7-10H2,1-2H3,(H,25,26). The average molecular weight is 380 g/mol. The number of carbonyl (C=O) groups excluding carboxylic acids is 1. The quantitative estimate of drug-likeness (QED) is 0.886. The molecule has 1 atom stereocenters. The van der Waals surface area contributed by atoms with Gasteiger partial charge in [0.05, 0.1) is 23.2 Å². The molecule has 1 N–H and O–H groups in total. The fourth-order valence-corrected chi connectivity index (χ4v) is 3.45. The number of rotatable bonds is 4. The predicted molar refractivity (Wildman–Crippen MR) is 93.7 cm³/mol. The van der Waals surface area contributed by atoms with E-state index in [0.717, 1.165) is 5.56 Å². The van der Waals surface area contributed by atoms with Crippen molar-refractivity contribution in [3.8, 4) is 0 Å². The second-order valence-electron chi connectivity index (χ2n) is 6.88. The van der Waals surface area contributed by atoms with E-state index in [4.69, 9.17) is 11.6 Å². The highest BCUT2D eigenvalue weighted by Crippen LogP contribution is 2.32. The molecule has 1 amide bonds. The summed E-state index contributed by atoms with van der Waals surface area (Å²) in [7, 11) is 0. The van der Waals surface area contributed by atoms with Gasteiger partial charge in [-0.3, -0.25) is 9.59 Å². The van der Waals surface area contributed by atoms with Crippen molar-refractivity contribution in [1.29, 1.82) is 0 Å². The van der Waals surface area contributed by atoms with Crippen molar-refractivity contribution in [1.82, 2.24) is 14.7 Å². The second-order valence-corrected chi connectivity index (χ2v) is 7.24. The third kappa shape index (κ3) is 3.31. The minimum absolute atomic E-state index is 0.139. The first-order valence-electron chi connectivity index (χ1n) is 8.21. The van der Waals surface area contributed by atoms with Crippen LogP contribution in [0.25, 0.3) is 0 Å². The Morgan fingerprint density at radius 3 is 2.58 bits per heavy atom. The molecule has 1 aliphatic rings. The number of halogens is 2. The molecule has 1 aliphatic heterocycles. The van der Waals surface area contributed by atoms with Crippen molar-refractivity contribution in [2.24, 2.45) is 5.41 Å². The Balaban J connectivity index is 1.83. The van der Waals surface area contributed by atoms with Gasteiger partial charge < -0.3 is 10.0 Å². The van der Waals surface area contributed by atoms with Crippen molar-refractivity contribution in [3.05, 3.63) is 52.1 Å². The van der Waals surface area contributed by atoms with Crippen molar-refractivity contribution < 1.29 is 19.1 Å². The topological polar surface area (TPSA) is 75.4 Å². The van der Waals surface area contributed by atoms with Crippen LogP contribution in [0.15, 0.2) is 24.3 Å². The highest BCUT2D eigenvalue weighted by atomic mass is 35.5. The Morgan fingerprint density at radius 1 is 1.35 bits per heavy atom. The minimum atomic E-state index is -0.944. The number of carboxylic acid groups (broad SMARTS) is 1. The number of benzene rings is 1. The molecule has 2 heterocycles. The van der Waals surface area contributed by atoms with Crippen molar-refractivity contribution in [3.63, 3.8) is 0 Å². The SMILES string of the molecule is Cc1nn(Cc2ccc(F)cc2)c(Cl)c1C(=O)N1CCC(C)(C(=O)O)C1. The van der Waals surface area contributed by atoms with Gasteiger partial charge >= 0.3 is 5.97 Å². The molecule has 6 nitrogen and oxygen atoms in total. The van der Waals surface area contributed by atoms with E-state index in [1.165, 1.54) is 21.7 Å². The maximum absolute atomic E-state index is 13.0. The van der Waals surface area contributed by atoms with E-state index in [-0.39, 0.29) is 29.0 Å². The van der Waals surface area contributed by atoms with Crippen molar-refractivity contribution in [2.75, 3.05) is 13.1 Å². The van der Waals surface area contributed by atoms with Crippen molar-refractivity contribution >= 4 is 23.5 Å². The molecule has 3 rings (SSSR count). The van der Waals surface area contributed by atoms with E-state index < -0.39 is 11.4 Å². The smallest absolute Gasteiger partial charge is 0.311 e. The molecule has 0 radical (unpaired) electrons. The molecule has 1 aromatic carbocycles. The highest BCUT2D eigenvalue weighted by molar-refractivity contribution is 6.33. The normalized spacial score (nSPS) is 19.8. The lowest BCUT2D eigenvalue weighted by Crippen LogP contribution is -2.35. The first-order valence-corrected chi connectivity index (χ1v) is 8.59. The summed E-state index contributed by atoms with van der Waals surface area (Å²) in [5.74, 6) is -1.56. The number of hydrogen-bond acceptors (Lipinski definition) is 3. The van der Waals surface area contributed by atoms with E-state index in [0.29, 0.717) is 25.2 Å². The van der Waals surface area contributed by atoms with Crippen LogP contribution in [0.5, 0.6) is 0 Å². The van der Waals surface area contributed by atoms with Crippen LogP contribution in [0.1, 0.15) is 35.0 Å². The number of hydrogen-bond donors (Lipinski definition) is 1. The number of aromatic nitrogens is 2. The molecule has 2 aromatic rings. The van der Waals surface area contributed by atoms with Crippen LogP contribution < -0.4 is 0 Å². The lowest BCUT2D eigenvalue weighted by atomic mass is 9.90. The number of carbonyl (C=O) groups is 2. The summed E-state index contributed by atoms with van der Waals surface area (Å²) in [5.41, 5.74) is 0.615. The monoisotopic (exact) mass is 379 g/mol. The molecule has 0 aliphatic carbocycles. The number of likely N-dealkylation sites (tertiary alicyclic amines) is 1. The zero-order chi connectivity index (χ0) is 19.1. The highest BCUT2D eigenvalue weighted by Gasteiger charge is 2.43. The van der Waals surface area contributed by atoms with Crippen LogP contribution in [0.2, 0.25) is 5.15 Å². The Bertz CT molecular complexity index is 865. The minimum Gasteiger partial charge on any atom is -0.481 e. The van der Waals surface area contributed by atoms with Crippen LogP contribution in [-0.2, 0) is 11.3 Å². The molecule has 0 bridgehead atoms. The van der Waals surface area contributed by atoms with Crippen LogP contribution in [0, 0.1) is 18.2 Å². The maximum Gasteiger partial charge on any atom is 0.311 e. The molecule has 1 aromatic heterocycles. The molecule has 0 saturated carbocycles. The third-order valence-electron chi connectivity index (χ3n) is 4.80. The van der Waals surface area contributed by atoms with Gasteiger partial charge in [0, 0.05) is 13.1 Å². The summed E-state index contributed by atoms with van der Waals surface area (Å²) in [6.45, 7) is 4.13. The second kappa shape index (κ2) is 6.72. The van der Waals surface area contributed by atoms with E-state index in [1.54, 1.807) is 26.0 Å². The fraction of sp³-hybridized carbons (Fsp3) is 0.389. The molecule has 138 valence electrons. The number of carboxylic acids is 1. The lowest BCUT2D eigenvalue weighted by Gasteiger charge is -2.20. The molecule has 0 spiro atoms. The summed E-state index contributed by atoms with van der Waals surface area (Å²) >= 11 is 6.38. The number of aryl methyl sites for hydroxylation is 1. The van der Waals surface area contributed by atoms with Gasteiger partial charge in [0.1, 0.15) is 11.0 Å². The van der Waals surface area contributed by atoms with Gasteiger partial charge in [-0.05, 0) is 38.0 Å². The summed E-state index contributed by atoms with van der Waals surface area (Å²) in [5, 5.41) is 13.8. The molecule has 1 unspecified atom stereocenters. The molecule has 1 fully saturated rings. The van der Waals surface area contributed by atoms with Crippen LogP contribution >= 0.6 is 11.6 Å². The van der Waals surface area contributed by atoms with Crippen LogP contribution in [-0.4, -0.2) is 44.8 Å². The van der Waals surface area contributed by atoms with E-state index >= 15 is 0 Å². The van der Waals surface area contributed by atoms with E-state index in [9.17, 15) is 19.1 Å². The molecule has 8 heteroatoms. The number of amides is 1. The summed E-state index contributed by atoms with van der Waals surface area (Å²) < 4.78 is 14.5. The van der Waals surface area contributed by atoms with Gasteiger partial charge in [0.15, 0.2) is 0 Å². The Labute approximate surface area is 155 Å². The Hall–Kier alpha value is -2.41. The first-order chi connectivity index (χ1) is 12.2. The largest absolute Gasteiger partial charge is 0.481 e. The van der Waals surface area contributed by atoms with Gasteiger partial charge in [-0.25, -0.2) is 9.07 Å². The van der Waals surface area contributed by atoms with Gasteiger partial charge in [-0.2, -0.15) is 5.10 Å². The molecule has 1 saturated heterocycles. The zero-order valence-corrected chi connectivity index (χ0v) is 15.3. The Morgan fingerprint density at radius 2 is 2.00 bits per heavy atom. The molecule has 26 heavy (non-hydrogen) atoms. The lowest BCUT2D eigenvalue weighted by molar-refractivity contribution is -0.147. The van der Waals surface area contributed by atoms with Gasteiger partial charge in [0.25, 0.3) is 5.91 Å². The predicted octanol–water partition coefficient (Wildman–Crippen LogP) is 2.97. The maximum atomic E-state index is 13.0. The summed E-state index contributed by atoms with van der Waals surface area (Å²) in [4.78, 5) is 25.7. The van der Waals surface area contributed by atoms with Crippen molar-refractivity contribution in [2.45, 2.75) is 26.8 Å². The average Bonchev–Trinajstić information content (AvgIpc) is 3.11. The summed E-state index contributed by atoms with van der Waals surface area (Å²) in [6, 6.07) is 5.96. The van der Waals surface area contributed by atoms with Crippen LogP contribution in [0.3, 0.4) is 0 Å². The van der Waals surface area contributed by atoms with Gasteiger partial charge in [0.2, 0.25) is 0 Å². The zero-order valence-electron chi connectivity index (χ0n) is 14.5. The van der Waals surface area contributed by atoms with Gasteiger partial charge in [-0.1, -0.05) is 23.7 Å². The van der Waals surface area contributed by atoms with Gasteiger partial charge in [-0.15, -0.1) is 0 Å².